The lowest BCUT2D eigenvalue weighted by atomic mass is 10.2. The summed E-state index contributed by atoms with van der Waals surface area (Å²) in [5, 5.41) is 2.45. The number of benzene rings is 1. The van der Waals surface area contributed by atoms with E-state index in [9.17, 15) is 9.59 Å². The van der Waals surface area contributed by atoms with Gasteiger partial charge in [-0.3, -0.25) is 10.1 Å². The number of carbonyl (C=O) groups is 1. The number of anilines is 1. The van der Waals surface area contributed by atoms with Crippen molar-refractivity contribution < 1.29 is 14.3 Å². The van der Waals surface area contributed by atoms with E-state index < -0.39 is 6.09 Å². The minimum atomic E-state index is -0.539. The molecule has 1 aromatic rings. The van der Waals surface area contributed by atoms with E-state index >= 15 is 0 Å². The van der Waals surface area contributed by atoms with Crippen LogP contribution in [0, 0.1) is 0 Å². The zero-order chi connectivity index (χ0) is 9.68. The summed E-state index contributed by atoms with van der Waals surface area (Å²) in [6.07, 6.45) is 1.19. The molecule has 67 valence electrons. The third kappa shape index (κ3) is 2.59. The first-order chi connectivity index (χ1) is 6.26. The molecule has 0 spiro atoms. The Morgan fingerprint density at radius 3 is 2.46 bits per heavy atom. The fourth-order valence-electron chi connectivity index (χ4n) is 0.790. The fraction of sp³-hybridized carbons (Fsp3) is 0.111. The maximum absolute atomic E-state index is 10.7. The van der Waals surface area contributed by atoms with E-state index in [0.717, 1.165) is 0 Å². The monoisotopic (exact) mass is 178 g/mol. The lowest BCUT2D eigenvalue weighted by Gasteiger charge is -2.02. The van der Waals surface area contributed by atoms with Crippen molar-refractivity contribution >= 4 is 18.1 Å². The second-order valence-electron chi connectivity index (χ2n) is 2.30. The second kappa shape index (κ2) is 4.25. The third-order valence-corrected chi connectivity index (χ3v) is 1.43. The molecular formula is C9H8NO3. The minimum absolute atomic E-state index is 0.440. The van der Waals surface area contributed by atoms with Crippen LogP contribution in [-0.2, 0) is 9.53 Å². The highest BCUT2D eigenvalue weighted by atomic mass is 16.5. The van der Waals surface area contributed by atoms with Crippen molar-refractivity contribution in [1.29, 1.82) is 0 Å². The molecule has 0 aliphatic carbocycles. The van der Waals surface area contributed by atoms with Gasteiger partial charge in [-0.2, -0.15) is 0 Å². The van der Waals surface area contributed by atoms with Crippen molar-refractivity contribution in [2.45, 2.75) is 0 Å². The summed E-state index contributed by atoms with van der Waals surface area (Å²) >= 11 is 0. The summed E-state index contributed by atoms with van der Waals surface area (Å²) in [4.78, 5) is 20.9. The maximum atomic E-state index is 10.7. The molecule has 0 fully saturated rings. The Morgan fingerprint density at radius 2 is 2.00 bits per heavy atom. The van der Waals surface area contributed by atoms with Crippen LogP contribution in [0.15, 0.2) is 24.3 Å². The molecule has 4 nitrogen and oxygen atoms in total. The van der Waals surface area contributed by atoms with Crippen LogP contribution in [0.3, 0.4) is 0 Å². The number of methoxy groups -OCH3 is 1. The van der Waals surface area contributed by atoms with Gasteiger partial charge in [0.25, 0.3) is 0 Å². The van der Waals surface area contributed by atoms with E-state index in [1.807, 2.05) is 0 Å². The van der Waals surface area contributed by atoms with E-state index in [0.29, 0.717) is 11.3 Å². The van der Waals surface area contributed by atoms with Crippen LogP contribution in [0.25, 0.3) is 0 Å². The largest absolute Gasteiger partial charge is 0.453 e. The van der Waals surface area contributed by atoms with Crippen LogP contribution >= 0.6 is 0 Å². The Labute approximate surface area is 75.5 Å². The summed E-state index contributed by atoms with van der Waals surface area (Å²) < 4.78 is 4.38. The Kier molecular flexibility index (Phi) is 3.03. The van der Waals surface area contributed by atoms with Crippen molar-refractivity contribution in [2.24, 2.45) is 0 Å². The standard InChI is InChI=1S/C9H8NO3/c1-13-9(12)10-8-4-2-7(6-11)3-5-8/h2-5H,1H3,(H,10,12). The molecule has 0 heterocycles. The molecule has 0 atom stereocenters. The van der Waals surface area contributed by atoms with Gasteiger partial charge in [-0.25, -0.2) is 4.79 Å². The van der Waals surface area contributed by atoms with Gasteiger partial charge in [0.05, 0.1) is 7.11 Å². The second-order valence-corrected chi connectivity index (χ2v) is 2.30. The number of amides is 1. The number of rotatable bonds is 2. The van der Waals surface area contributed by atoms with E-state index in [-0.39, 0.29) is 0 Å². The van der Waals surface area contributed by atoms with Crippen LogP contribution in [0.5, 0.6) is 0 Å². The number of hydrogen-bond donors (Lipinski definition) is 1. The van der Waals surface area contributed by atoms with E-state index in [1.165, 1.54) is 7.11 Å². The SMILES string of the molecule is COC(=O)Nc1ccc([C]=O)cc1. The van der Waals surface area contributed by atoms with Gasteiger partial charge < -0.3 is 4.74 Å². The number of carbonyl (C=O) groups excluding carboxylic acids is 2. The van der Waals surface area contributed by atoms with Gasteiger partial charge in [0.15, 0.2) is 0 Å². The zero-order valence-electron chi connectivity index (χ0n) is 7.03. The van der Waals surface area contributed by atoms with E-state index in [4.69, 9.17) is 0 Å². The molecule has 0 aromatic heterocycles. The molecule has 13 heavy (non-hydrogen) atoms. The minimum Gasteiger partial charge on any atom is -0.453 e. The maximum Gasteiger partial charge on any atom is 0.411 e. The highest BCUT2D eigenvalue weighted by molar-refractivity contribution is 5.85. The topological polar surface area (TPSA) is 55.4 Å². The highest BCUT2D eigenvalue weighted by Crippen LogP contribution is 2.07. The molecule has 4 heteroatoms. The van der Waals surface area contributed by atoms with Gasteiger partial charge in [-0.05, 0) is 24.3 Å². The lowest BCUT2D eigenvalue weighted by Crippen LogP contribution is -2.10. The molecule has 0 saturated heterocycles. The van der Waals surface area contributed by atoms with Gasteiger partial charge in [-0.1, -0.05) is 0 Å². The Balaban J connectivity index is 2.69. The van der Waals surface area contributed by atoms with Gasteiger partial charge in [0.2, 0.25) is 6.29 Å². The first-order valence-electron chi connectivity index (χ1n) is 3.59. The lowest BCUT2D eigenvalue weighted by molar-refractivity contribution is 0.187. The van der Waals surface area contributed by atoms with Crippen molar-refractivity contribution in [2.75, 3.05) is 12.4 Å². The summed E-state index contributed by atoms with van der Waals surface area (Å²) in [5.74, 6) is 0. The number of ether oxygens (including phenoxy) is 1. The zero-order valence-corrected chi connectivity index (χ0v) is 7.03. The molecule has 1 rings (SSSR count). The van der Waals surface area contributed by atoms with Crippen LogP contribution in [0.4, 0.5) is 10.5 Å². The first kappa shape index (κ1) is 9.25. The normalized spacial score (nSPS) is 9.00. The van der Waals surface area contributed by atoms with Crippen LogP contribution in [0.2, 0.25) is 0 Å². The highest BCUT2D eigenvalue weighted by Gasteiger charge is 1.99. The molecule has 1 aromatic carbocycles. The fourth-order valence-corrected chi connectivity index (χ4v) is 0.790. The molecule has 0 saturated carbocycles. The van der Waals surface area contributed by atoms with Crippen LogP contribution in [-0.4, -0.2) is 19.5 Å². The van der Waals surface area contributed by atoms with E-state index in [1.54, 1.807) is 30.6 Å². The van der Waals surface area contributed by atoms with Gasteiger partial charge >= 0.3 is 6.09 Å². The summed E-state index contributed by atoms with van der Waals surface area (Å²) in [7, 11) is 1.28. The van der Waals surface area contributed by atoms with Crippen molar-refractivity contribution in [3.8, 4) is 0 Å². The predicted octanol–water partition coefficient (Wildman–Crippen LogP) is 1.32. The first-order valence-corrected chi connectivity index (χ1v) is 3.59. The quantitative estimate of drug-likeness (QED) is 0.743. The van der Waals surface area contributed by atoms with Crippen LogP contribution < -0.4 is 5.32 Å². The molecule has 0 aliphatic rings. The Morgan fingerprint density at radius 1 is 1.38 bits per heavy atom. The summed E-state index contributed by atoms with van der Waals surface area (Å²) in [6.45, 7) is 0. The van der Waals surface area contributed by atoms with E-state index in [2.05, 4.69) is 10.1 Å². The smallest absolute Gasteiger partial charge is 0.411 e. The average molecular weight is 178 g/mol. The molecule has 0 unspecified atom stereocenters. The van der Waals surface area contributed by atoms with Crippen molar-refractivity contribution in [3.63, 3.8) is 0 Å². The molecule has 0 bridgehead atoms. The Hall–Kier alpha value is -1.84. The molecule has 0 aliphatic heterocycles. The van der Waals surface area contributed by atoms with Gasteiger partial charge in [0, 0.05) is 11.3 Å². The number of hydrogen-bond acceptors (Lipinski definition) is 3. The predicted molar refractivity (Wildman–Crippen MR) is 47.3 cm³/mol. The summed E-state index contributed by atoms with van der Waals surface area (Å²) in [6, 6.07) is 6.30. The molecule has 1 N–H and O–H groups in total. The third-order valence-electron chi connectivity index (χ3n) is 1.43. The molecule has 1 radical (unpaired) electrons. The number of nitrogens with one attached hydrogen (secondary N) is 1. The molecule has 1 amide bonds. The van der Waals surface area contributed by atoms with Crippen molar-refractivity contribution in [3.05, 3.63) is 29.8 Å². The van der Waals surface area contributed by atoms with Crippen molar-refractivity contribution in [1.82, 2.24) is 0 Å². The van der Waals surface area contributed by atoms with Crippen LogP contribution in [0.1, 0.15) is 5.56 Å². The van der Waals surface area contributed by atoms with Gasteiger partial charge in [0.1, 0.15) is 0 Å². The average Bonchev–Trinajstić information content (AvgIpc) is 2.19. The Bertz CT molecular complexity index is 305. The molecular weight excluding hydrogens is 170 g/mol. The van der Waals surface area contributed by atoms with Gasteiger partial charge in [-0.15, -0.1) is 0 Å². The summed E-state index contributed by atoms with van der Waals surface area (Å²) in [5.41, 5.74) is 1.02.